The first-order chi connectivity index (χ1) is 11.1. The standard InChI is InChI=1S/C18H26N4O.HI/c1-21(2)17(23)13-19-18(20-15-8-4-5-9-15)22-12-11-14-7-3-6-10-16(14)22;/h3,6-7,10,15H,4-5,8-9,11-13H2,1-2H3,(H,19,20);1H. The molecule has 0 radical (unpaired) electrons. The predicted octanol–water partition coefficient (Wildman–Crippen LogP) is 2.64. The Balaban J connectivity index is 0.00000208. The molecule has 1 fully saturated rings. The highest BCUT2D eigenvalue weighted by Crippen LogP contribution is 2.28. The molecule has 1 aromatic carbocycles. The number of nitrogens with zero attached hydrogens (tertiary/aromatic N) is 3. The Bertz CT molecular complexity index is 596. The average molecular weight is 442 g/mol. The summed E-state index contributed by atoms with van der Waals surface area (Å²) in [6.07, 6.45) is 5.96. The van der Waals surface area contributed by atoms with Gasteiger partial charge in [-0.1, -0.05) is 31.0 Å². The van der Waals surface area contributed by atoms with Gasteiger partial charge in [0.1, 0.15) is 6.54 Å². The molecule has 24 heavy (non-hydrogen) atoms. The topological polar surface area (TPSA) is 47.9 Å². The summed E-state index contributed by atoms with van der Waals surface area (Å²) in [5, 5.41) is 3.60. The van der Waals surface area contributed by atoms with Crippen molar-refractivity contribution in [3.05, 3.63) is 29.8 Å². The van der Waals surface area contributed by atoms with Gasteiger partial charge in [-0.15, -0.1) is 24.0 Å². The molecule has 0 bridgehead atoms. The Labute approximate surface area is 161 Å². The number of benzene rings is 1. The maximum Gasteiger partial charge on any atom is 0.243 e. The zero-order valence-electron chi connectivity index (χ0n) is 14.5. The highest BCUT2D eigenvalue weighted by atomic mass is 127. The SMILES string of the molecule is CN(C)C(=O)CN=C(NC1CCCC1)N1CCc2ccccc21.I. The second-order valence-corrected chi connectivity index (χ2v) is 6.58. The number of carbonyl (C=O) groups excluding carboxylic acids is 1. The van der Waals surface area contributed by atoms with E-state index in [2.05, 4.69) is 39.5 Å². The van der Waals surface area contributed by atoms with Crippen LogP contribution in [0.5, 0.6) is 0 Å². The molecule has 0 unspecified atom stereocenters. The van der Waals surface area contributed by atoms with Crippen molar-refractivity contribution in [3.8, 4) is 0 Å². The largest absolute Gasteiger partial charge is 0.353 e. The van der Waals surface area contributed by atoms with Gasteiger partial charge in [-0.25, -0.2) is 4.99 Å². The van der Waals surface area contributed by atoms with Crippen LogP contribution in [-0.4, -0.2) is 50.0 Å². The molecule has 2 aliphatic rings. The minimum Gasteiger partial charge on any atom is -0.353 e. The Morgan fingerprint density at radius 1 is 1.29 bits per heavy atom. The first kappa shape index (κ1) is 19.0. The molecule has 0 atom stereocenters. The number of anilines is 1. The maximum absolute atomic E-state index is 11.9. The monoisotopic (exact) mass is 442 g/mol. The third-order valence-electron chi connectivity index (χ3n) is 4.69. The molecule has 1 aromatic rings. The third kappa shape index (κ3) is 4.40. The lowest BCUT2D eigenvalue weighted by Gasteiger charge is -2.25. The molecule has 5 nitrogen and oxygen atoms in total. The van der Waals surface area contributed by atoms with Gasteiger partial charge >= 0.3 is 0 Å². The van der Waals surface area contributed by atoms with Crippen molar-refractivity contribution in [1.82, 2.24) is 10.2 Å². The molecule has 1 aliphatic carbocycles. The van der Waals surface area contributed by atoms with Gasteiger partial charge < -0.3 is 15.1 Å². The van der Waals surface area contributed by atoms with Crippen LogP contribution in [0, 0.1) is 0 Å². The van der Waals surface area contributed by atoms with Crippen LogP contribution in [0.25, 0.3) is 0 Å². The van der Waals surface area contributed by atoms with Crippen molar-refractivity contribution in [2.45, 2.75) is 38.1 Å². The van der Waals surface area contributed by atoms with Crippen LogP contribution in [0.2, 0.25) is 0 Å². The van der Waals surface area contributed by atoms with E-state index in [9.17, 15) is 4.79 Å². The van der Waals surface area contributed by atoms with E-state index in [1.54, 1.807) is 19.0 Å². The summed E-state index contributed by atoms with van der Waals surface area (Å²) < 4.78 is 0. The van der Waals surface area contributed by atoms with Gasteiger partial charge in [0, 0.05) is 32.4 Å². The quantitative estimate of drug-likeness (QED) is 0.445. The summed E-state index contributed by atoms with van der Waals surface area (Å²) in [7, 11) is 3.54. The van der Waals surface area contributed by atoms with Crippen molar-refractivity contribution >= 4 is 41.5 Å². The second kappa shape index (κ2) is 8.69. The Morgan fingerprint density at radius 2 is 2.00 bits per heavy atom. The van der Waals surface area contributed by atoms with Gasteiger partial charge in [0.15, 0.2) is 5.96 Å². The number of amides is 1. The van der Waals surface area contributed by atoms with Crippen LogP contribution >= 0.6 is 24.0 Å². The molecule has 1 N–H and O–H groups in total. The third-order valence-corrected chi connectivity index (χ3v) is 4.69. The van der Waals surface area contributed by atoms with Crippen molar-refractivity contribution in [2.75, 3.05) is 32.1 Å². The van der Waals surface area contributed by atoms with Crippen LogP contribution in [0.3, 0.4) is 0 Å². The number of fused-ring (bicyclic) bond motifs is 1. The van der Waals surface area contributed by atoms with Crippen LogP contribution in [0.15, 0.2) is 29.3 Å². The minimum absolute atomic E-state index is 0. The van der Waals surface area contributed by atoms with E-state index >= 15 is 0 Å². The number of likely N-dealkylation sites (N-methyl/N-ethyl adjacent to an activating group) is 1. The highest BCUT2D eigenvalue weighted by molar-refractivity contribution is 14.0. The molecule has 0 saturated heterocycles. The summed E-state index contributed by atoms with van der Waals surface area (Å²) in [5.41, 5.74) is 2.57. The van der Waals surface area contributed by atoms with Crippen molar-refractivity contribution < 1.29 is 4.79 Å². The summed E-state index contributed by atoms with van der Waals surface area (Å²) in [4.78, 5) is 20.4. The van der Waals surface area contributed by atoms with Crippen LogP contribution in [0.1, 0.15) is 31.2 Å². The number of hydrogen-bond donors (Lipinski definition) is 1. The van der Waals surface area contributed by atoms with E-state index in [0.29, 0.717) is 6.04 Å². The number of carbonyl (C=O) groups is 1. The van der Waals surface area contributed by atoms with Gasteiger partial charge in [0.2, 0.25) is 5.91 Å². The van der Waals surface area contributed by atoms with Crippen molar-refractivity contribution in [2.24, 2.45) is 4.99 Å². The summed E-state index contributed by atoms with van der Waals surface area (Å²) in [5.74, 6) is 0.889. The van der Waals surface area contributed by atoms with Crippen LogP contribution in [0.4, 0.5) is 5.69 Å². The molecule has 3 rings (SSSR count). The number of halogens is 1. The molecule has 1 aliphatic heterocycles. The van der Waals surface area contributed by atoms with Crippen molar-refractivity contribution in [3.63, 3.8) is 0 Å². The van der Waals surface area contributed by atoms with E-state index in [4.69, 9.17) is 0 Å². The van der Waals surface area contributed by atoms with Gasteiger partial charge in [-0.2, -0.15) is 0 Å². The fourth-order valence-corrected chi connectivity index (χ4v) is 3.30. The number of rotatable bonds is 3. The molecule has 6 heteroatoms. The summed E-state index contributed by atoms with van der Waals surface area (Å²) >= 11 is 0. The second-order valence-electron chi connectivity index (χ2n) is 6.58. The lowest BCUT2D eigenvalue weighted by Crippen LogP contribution is -2.45. The molecule has 0 spiro atoms. The lowest BCUT2D eigenvalue weighted by molar-refractivity contribution is -0.127. The number of para-hydroxylation sites is 1. The zero-order chi connectivity index (χ0) is 16.2. The van der Waals surface area contributed by atoms with E-state index in [0.717, 1.165) is 18.9 Å². The maximum atomic E-state index is 11.9. The van der Waals surface area contributed by atoms with Gasteiger partial charge in [-0.3, -0.25) is 4.79 Å². The van der Waals surface area contributed by atoms with Gasteiger partial charge in [-0.05, 0) is 30.9 Å². The summed E-state index contributed by atoms with van der Waals surface area (Å²) in [6.45, 7) is 1.12. The van der Waals surface area contributed by atoms with E-state index < -0.39 is 0 Å². The fourth-order valence-electron chi connectivity index (χ4n) is 3.30. The van der Waals surface area contributed by atoms with E-state index in [-0.39, 0.29) is 36.4 Å². The highest BCUT2D eigenvalue weighted by Gasteiger charge is 2.25. The lowest BCUT2D eigenvalue weighted by atomic mass is 10.2. The molecule has 1 heterocycles. The minimum atomic E-state index is 0. The first-order valence-corrected chi connectivity index (χ1v) is 8.52. The number of nitrogens with one attached hydrogen (secondary N) is 1. The molecule has 1 saturated carbocycles. The molecule has 132 valence electrons. The van der Waals surface area contributed by atoms with Crippen LogP contribution < -0.4 is 10.2 Å². The average Bonchev–Trinajstić information content (AvgIpc) is 3.20. The smallest absolute Gasteiger partial charge is 0.243 e. The van der Waals surface area contributed by atoms with Gasteiger partial charge in [0.25, 0.3) is 0 Å². The van der Waals surface area contributed by atoms with Gasteiger partial charge in [0.05, 0.1) is 0 Å². The zero-order valence-corrected chi connectivity index (χ0v) is 16.8. The van der Waals surface area contributed by atoms with Crippen molar-refractivity contribution in [1.29, 1.82) is 0 Å². The Morgan fingerprint density at radius 3 is 2.71 bits per heavy atom. The normalized spacial score (nSPS) is 17.4. The number of hydrogen-bond acceptors (Lipinski definition) is 2. The molecular formula is C18H27IN4O. The Hall–Kier alpha value is -1.31. The fraction of sp³-hybridized carbons (Fsp3) is 0.556. The molecule has 0 aromatic heterocycles. The summed E-state index contributed by atoms with van der Waals surface area (Å²) in [6, 6.07) is 8.94. The van der Waals surface area contributed by atoms with E-state index in [1.165, 1.54) is 36.9 Å². The first-order valence-electron chi connectivity index (χ1n) is 8.52. The molecular weight excluding hydrogens is 415 g/mol. The van der Waals surface area contributed by atoms with Crippen LogP contribution in [-0.2, 0) is 11.2 Å². The van der Waals surface area contributed by atoms with E-state index in [1.807, 2.05) is 0 Å². The molecule has 1 amide bonds. The number of aliphatic imine (C=N–C) groups is 1. The predicted molar refractivity (Wildman–Crippen MR) is 109 cm³/mol. The Kier molecular flexibility index (Phi) is 6.89. The number of guanidine groups is 1.